The molecule has 3 aromatic rings. The molecule has 1 aromatic carbocycles. The van der Waals surface area contributed by atoms with E-state index in [1.165, 1.54) is 11.3 Å². The first-order valence-corrected chi connectivity index (χ1v) is 7.62. The second kappa shape index (κ2) is 6.91. The number of para-hydroxylation sites is 1. The zero-order valence-electron chi connectivity index (χ0n) is 11.7. The largest absolute Gasteiger partial charge is 0.486 e. The number of nitrogens with zero attached hydrogens (tertiary/aromatic N) is 1. The van der Waals surface area contributed by atoms with Crippen molar-refractivity contribution in [2.45, 2.75) is 13.2 Å². The van der Waals surface area contributed by atoms with Gasteiger partial charge in [-0.05, 0) is 24.3 Å². The molecule has 1 N–H and O–H groups in total. The highest BCUT2D eigenvalue weighted by molar-refractivity contribution is 7.09. The van der Waals surface area contributed by atoms with Crippen LogP contribution in [-0.4, -0.2) is 10.9 Å². The van der Waals surface area contributed by atoms with E-state index in [1.807, 2.05) is 30.3 Å². The molecule has 0 unspecified atom stereocenters. The normalized spacial score (nSPS) is 10.4. The molecule has 0 radical (unpaired) electrons. The lowest BCUT2D eigenvalue weighted by Crippen LogP contribution is -2.22. The highest BCUT2D eigenvalue weighted by Gasteiger charge is 2.11. The maximum absolute atomic E-state index is 12.0. The van der Waals surface area contributed by atoms with Crippen LogP contribution < -0.4 is 10.1 Å². The van der Waals surface area contributed by atoms with Gasteiger partial charge < -0.3 is 14.5 Å². The number of carbonyl (C=O) groups excluding carboxylic acids is 1. The van der Waals surface area contributed by atoms with Gasteiger partial charge in [0.05, 0.1) is 12.8 Å². The van der Waals surface area contributed by atoms with E-state index in [0.717, 1.165) is 10.8 Å². The van der Waals surface area contributed by atoms with Crippen LogP contribution in [0, 0.1) is 0 Å². The van der Waals surface area contributed by atoms with Crippen LogP contribution in [0.3, 0.4) is 0 Å². The summed E-state index contributed by atoms with van der Waals surface area (Å²) in [7, 11) is 0. The molecule has 0 bridgehead atoms. The quantitative estimate of drug-likeness (QED) is 0.758. The topological polar surface area (TPSA) is 64.4 Å². The number of hydrogen-bond acceptors (Lipinski definition) is 5. The number of thiazole rings is 1. The van der Waals surface area contributed by atoms with Crippen molar-refractivity contribution in [2.75, 3.05) is 0 Å². The minimum absolute atomic E-state index is 0.224. The SMILES string of the molecule is O=C(NCc1ccco1)c1csc(COc2ccccc2)n1. The van der Waals surface area contributed by atoms with Crippen molar-refractivity contribution in [3.05, 3.63) is 70.6 Å². The average molecular weight is 314 g/mol. The molecule has 6 heteroatoms. The number of amides is 1. The molecule has 0 fully saturated rings. The molecule has 0 spiro atoms. The Kier molecular flexibility index (Phi) is 4.50. The van der Waals surface area contributed by atoms with Crippen molar-refractivity contribution in [3.63, 3.8) is 0 Å². The highest BCUT2D eigenvalue weighted by atomic mass is 32.1. The predicted octanol–water partition coefficient (Wildman–Crippen LogP) is 3.25. The van der Waals surface area contributed by atoms with Gasteiger partial charge in [-0.25, -0.2) is 4.98 Å². The summed E-state index contributed by atoms with van der Waals surface area (Å²) >= 11 is 1.40. The van der Waals surface area contributed by atoms with Crippen molar-refractivity contribution >= 4 is 17.2 Å². The van der Waals surface area contributed by atoms with Crippen LogP contribution in [0.1, 0.15) is 21.3 Å². The maximum atomic E-state index is 12.0. The first kappa shape index (κ1) is 14.3. The van der Waals surface area contributed by atoms with Gasteiger partial charge >= 0.3 is 0 Å². The lowest BCUT2D eigenvalue weighted by atomic mass is 10.3. The molecule has 0 saturated carbocycles. The number of benzene rings is 1. The zero-order chi connectivity index (χ0) is 15.2. The second-order valence-electron chi connectivity index (χ2n) is 4.49. The summed E-state index contributed by atoms with van der Waals surface area (Å²) in [6.07, 6.45) is 1.57. The fraction of sp³-hybridized carbons (Fsp3) is 0.125. The number of carbonyl (C=O) groups is 1. The third kappa shape index (κ3) is 3.73. The number of furan rings is 1. The molecule has 5 nitrogen and oxygen atoms in total. The summed E-state index contributed by atoms with van der Waals surface area (Å²) in [6.45, 7) is 0.694. The first-order valence-electron chi connectivity index (χ1n) is 6.74. The first-order chi connectivity index (χ1) is 10.8. The third-order valence-electron chi connectivity index (χ3n) is 2.89. The Morgan fingerprint density at radius 1 is 1.23 bits per heavy atom. The summed E-state index contributed by atoms with van der Waals surface area (Å²) in [5.41, 5.74) is 0.392. The maximum Gasteiger partial charge on any atom is 0.271 e. The van der Waals surface area contributed by atoms with Crippen LogP contribution >= 0.6 is 11.3 Å². The molecule has 3 rings (SSSR count). The number of aromatic nitrogens is 1. The summed E-state index contributed by atoms with van der Waals surface area (Å²) in [6, 6.07) is 13.1. The molecule has 0 aliphatic rings. The number of hydrogen-bond donors (Lipinski definition) is 1. The molecule has 0 aliphatic carbocycles. The molecule has 0 aliphatic heterocycles. The smallest absolute Gasteiger partial charge is 0.271 e. The molecular weight excluding hydrogens is 300 g/mol. The monoisotopic (exact) mass is 314 g/mol. The van der Waals surface area contributed by atoms with Crippen LogP contribution in [0.25, 0.3) is 0 Å². The van der Waals surface area contributed by atoms with E-state index in [-0.39, 0.29) is 5.91 Å². The Hall–Kier alpha value is -2.60. The Balaban J connectivity index is 1.53. The van der Waals surface area contributed by atoms with E-state index in [0.29, 0.717) is 24.6 Å². The second-order valence-corrected chi connectivity index (χ2v) is 5.43. The van der Waals surface area contributed by atoms with Crippen molar-refractivity contribution in [2.24, 2.45) is 0 Å². The van der Waals surface area contributed by atoms with Gasteiger partial charge in [0.15, 0.2) is 0 Å². The van der Waals surface area contributed by atoms with Crippen LogP contribution in [-0.2, 0) is 13.2 Å². The van der Waals surface area contributed by atoms with Crippen molar-refractivity contribution in [3.8, 4) is 5.75 Å². The van der Waals surface area contributed by atoms with Crippen LogP contribution in [0.5, 0.6) is 5.75 Å². The predicted molar refractivity (Wildman–Crippen MR) is 82.8 cm³/mol. The Labute approximate surface area is 131 Å². The van der Waals surface area contributed by atoms with Crippen molar-refractivity contribution in [1.82, 2.24) is 10.3 Å². The van der Waals surface area contributed by atoms with Gasteiger partial charge in [-0.15, -0.1) is 11.3 Å². The number of nitrogens with one attached hydrogen (secondary N) is 1. The summed E-state index contributed by atoms with van der Waals surface area (Å²) < 4.78 is 10.8. The van der Waals surface area contributed by atoms with E-state index in [4.69, 9.17) is 9.15 Å². The highest BCUT2D eigenvalue weighted by Crippen LogP contribution is 2.15. The fourth-order valence-corrected chi connectivity index (χ4v) is 2.50. The van der Waals surface area contributed by atoms with Crippen LogP contribution in [0.4, 0.5) is 0 Å². The molecule has 2 heterocycles. The van der Waals surface area contributed by atoms with Gasteiger partial charge in [-0.3, -0.25) is 4.79 Å². The molecule has 0 saturated heterocycles. The van der Waals surface area contributed by atoms with Gasteiger partial charge in [0.25, 0.3) is 5.91 Å². The van der Waals surface area contributed by atoms with E-state index >= 15 is 0 Å². The van der Waals surface area contributed by atoms with Crippen molar-refractivity contribution in [1.29, 1.82) is 0 Å². The summed E-state index contributed by atoms with van der Waals surface area (Å²) in [5, 5.41) is 5.24. The molecule has 112 valence electrons. The van der Waals surface area contributed by atoms with E-state index in [1.54, 1.807) is 23.8 Å². The standard InChI is InChI=1S/C16H14N2O3S/c19-16(17-9-13-7-4-8-20-13)14-11-22-15(18-14)10-21-12-5-2-1-3-6-12/h1-8,11H,9-10H2,(H,17,19). The van der Waals surface area contributed by atoms with Gasteiger partial charge in [-0.2, -0.15) is 0 Å². The van der Waals surface area contributed by atoms with Gasteiger partial charge in [0.2, 0.25) is 0 Å². The molecular formula is C16H14N2O3S. The van der Waals surface area contributed by atoms with Gasteiger partial charge in [-0.1, -0.05) is 18.2 Å². The Morgan fingerprint density at radius 3 is 2.86 bits per heavy atom. The van der Waals surface area contributed by atoms with E-state index in [9.17, 15) is 4.79 Å². The van der Waals surface area contributed by atoms with Crippen LogP contribution in [0.2, 0.25) is 0 Å². The minimum atomic E-state index is -0.224. The Bertz CT molecular complexity index is 723. The number of rotatable bonds is 6. The van der Waals surface area contributed by atoms with Crippen LogP contribution in [0.15, 0.2) is 58.5 Å². The number of ether oxygens (including phenoxy) is 1. The lowest BCUT2D eigenvalue weighted by molar-refractivity contribution is 0.0943. The molecule has 2 aromatic heterocycles. The lowest BCUT2D eigenvalue weighted by Gasteiger charge is -2.02. The minimum Gasteiger partial charge on any atom is -0.486 e. The van der Waals surface area contributed by atoms with Gasteiger partial charge in [0.1, 0.15) is 28.8 Å². The molecule has 1 amide bonds. The van der Waals surface area contributed by atoms with E-state index < -0.39 is 0 Å². The molecule has 0 atom stereocenters. The average Bonchev–Trinajstić information content (AvgIpc) is 3.23. The fourth-order valence-electron chi connectivity index (χ4n) is 1.81. The van der Waals surface area contributed by atoms with Gasteiger partial charge in [0, 0.05) is 5.38 Å². The Morgan fingerprint density at radius 2 is 2.09 bits per heavy atom. The van der Waals surface area contributed by atoms with Crippen molar-refractivity contribution < 1.29 is 13.9 Å². The van der Waals surface area contributed by atoms with E-state index in [2.05, 4.69) is 10.3 Å². The summed E-state index contributed by atoms with van der Waals surface area (Å²) in [4.78, 5) is 16.3. The summed E-state index contributed by atoms with van der Waals surface area (Å²) in [5.74, 6) is 1.26. The zero-order valence-corrected chi connectivity index (χ0v) is 12.5. The molecule has 22 heavy (non-hydrogen) atoms. The third-order valence-corrected chi connectivity index (χ3v) is 3.72.